The standard InChI is InChI=1S/C20H25N5O2/c1-22-18-17(19(26)23(2)20(22)27)25(13-21-18)14-24-10-8-16(9-11-24)12-15-6-4-3-5-7-15/h3-7,13,16H,8-12,14H2,1-2H3/p+1. The fraction of sp³-hybridized carbons (Fsp3) is 0.450. The van der Waals surface area contributed by atoms with Crippen LogP contribution in [0.2, 0.25) is 0 Å². The molecule has 0 spiro atoms. The molecule has 3 aromatic rings. The predicted molar refractivity (Wildman–Crippen MR) is 104 cm³/mol. The van der Waals surface area contributed by atoms with E-state index in [1.807, 2.05) is 4.57 Å². The molecule has 0 bridgehead atoms. The molecular weight excluding hydrogens is 342 g/mol. The summed E-state index contributed by atoms with van der Waals surface area (Å²) in [5.74, 6) is 0.726. The van der Waals surface area contributed by atoms with Crippen molar-refractivity contribution in [3.63, 3.8) is 0 Å². The first-order valence-electron chi connectivity index (χ1n) is 9.53. The fourth-order valence-electron chi connectivity index (χ4n) is 4.15. The summed E-state index contributed by atoms with van der Waals surface area (Å²) in [6.07, 6.45) is 5.21. The van der Waals surface area contributed by atoms with Crippen molar-refractivity contribution < 1.29 is 4.90 Å². The maximum Gasteiger partial charge on any atom is 0.332 e. The van der Waals surface area contributed by atoms with Crippen LogP contribution in [-0.2, 0) is 27.2 Å². The van der Waals surface area contributed by atoms with E-state index in [1.54, 1.807) is 13.4 Å². The van der Waals surface area contributed by atoms with Crippen LogP contribution in [0.25, 0.3) is 11.2 Å². The molecule has 0 radical (unpaired) electrons. The molecular formula is C20H26N5O2+. The van der Waals surface area contributed by atoms with Gasteiger partial charge in [-0.25, -0.2) is 9.78 Å². The highest BCUT2D eigenvalue weighted by molar-refractivity contribution is 5.69. The van der Waals surface area contributed by atoms with E-state index in [9.17, 15) is 9.59 Å². The Morgan fingerprint density at radius 2 is 1.78 bits per heavy atom. The lowest BCUT2D eigenvalue weighted by atomic mass is 9.90. The molecule has 1 N–H and O–H groups in total. The summed E-state index contributed by atoms with van der Waals surface area (Å²) in [6.45, 7) is 2.88. The van der Waals surface area contributed by atoms with Gasteiger partial charge in [-0.1, -0.05) is 30.3 Å². The van der Waals surface area contributed by atoms with E-state index in [0.717, 1.165) is 30.0 Å². The number of piperidine rings is 1. The molecule has 27 heavy (non-hydrogen) atoms. The Labute approximate surface area is 157 Å². The first kappa shape index (κ1) is 17.7. The van der Waals surface area contributed by atoms with Crippen LogP contribution in [0.15, 0.2) is 46.2 Å². The number of aromatic nitrogens is 4. The minimum Gasteiger partial charge on any atom is -0.318 e. The van der Waals surface area contributed by atoms with E-state index in [2.05, 4.69) is 35.3 Å². The molecule has 1 aliphatic heterocycles. The van der Waals surface area contributed by atoms with Crippen molar-refractivity contribution in [1.82, 2.24) is 18.7 Å². The molecule has 0 aliphatic carbocycles. The average molecular weight is 368 g/mol. The normalized spacial score (nSPS) is 20.2. The molecule has 2 aromatic heterocycles. The average Bonchev–Trinajstić information content (AvgIpc) is 3.11. The molecule has 0 saturated carbocycles. The summed E-state index contributed by atoms with van der Waals surface area (Å²) in [6, 6.07) is 10.7. The third-order valence-electron chi connectivity index (χ3n) is 5.79. The molecule has 1 fully saturated rings. The third-order valence-corrected chi connectivity index (χ3v) is 5.79. The molecule has 0 atom stereocenters. The number of likely N-dealkylation sites (tertiary alicyclic amines) is 1. The summed E-state index contributed by atoms with van der Waals surface area (Å²) in [4.78, 5) is 30.4. The first-order valence-corrected chi connectivity index (χ1v) is 9.53. The molecule has 7 heteroatoms. The number of hydrogen-bond acceptors (Lipinski definition) is 3. The smallest absolute Gasteiger partial charge is 0.318 e. The quantitative estimate of drug-likeness (QED) is 0.701. The van der Waals surface area contributed by atoms with Crippen LogP contribution in [0, 0.1) is 5.92 Å². The molecule has 142 valence electrons. The van der Waals surface area contributed by atoms with Gasteiger partial charge in [0.25, 0.3) is 5.56 Å². The zero-order chi connectivity index (χ0) is 19.0. The zero-order valence-corrected chi connectivity index (χ0v) is 15.9. The maximum absolute atomic E-state index is 12.6. The highest BCUT2D eigenvalue weighted by atomic mass is 16.2. The fourth-order valence-corrected chi connectivity index (χ4v) is 4.15. The number of nitrogens with zero attached hydrogens (tertiary/aromatic N) is 4. The van der Waals surface area contributed by atoms with E-state index >= 15 is 0 Å². The van der Waals surface area contributed by atoms with Crippen molar-refractivity contribution in [3.8, 4) is 0 Å². The van der Waals surface area contributed by atoms with Crippen LogP contribution in [-0.4, -0.2) is 31.8 Å². The Morgan fingerprint density at radius 1 is 1.07 bits per heavy atom. The van der Waals surface area contributed by atoms with Gasteiger partial charge in [-0.3, -0.25) is 18.5 Å². The van der Waals surface area contributed by atoms with Gasteiger partial charge >= 0.3 is 5.69 Å². The van der Waals surface area contributed by atoms with E-state index in [1.165, 1.54) is 34.9 Å². The predicted octanol–water partition coefficient (Wildman–Crippen LogP) is -0.0712. The van der Waals surface area contributed by atoms with Crippen LogP contribution >= 0.6 is 0 Å². The summed E-state index contributed by atoms with van der Waals surface area (Å²) in [5.41, 5.74) is 1.77. The molecule has 7 nitrogen and oxygen atoms in total. The summed E-state index contributed by atoms with van der Waals surface area (Å²) in [5, 5.41) is 0. The lowest BCUT2D eigenvalue weighted by molar-refractivity contribution is -0.928. The number of rotatable bonds is 4. The van der Waals surface area contributed by atoms with Gasteiger partial charge in [0.15, 0.2) is 17.8 Å². The van der Waals surface area contributed by atoms with Gasteiger partial charge in [0.2, 0.25) is 0 Å². The molecule has 1 saturated heterocycles. The minimum atomic E-state index is -0.341. The largest absolute Gasteiger partial charge is 0.332 e. The summed E-state index contributed by atoms with van der Waals surface area (Å²) >= 11 is 0. The minimum absolute atomic E-state index is 0.274. The van der Waals surface area contributed by atoms with Gasteiger partial charge in [0.1, 0.15) is 6.33 Å². The molecule has 0 amide bonds. The van der Waals surface area contributed by atoms with Crippen molar-refractivity contribution in [1.29, 1.82) is 0 Å². The van der Waals surface area contributed by atoms with Crippen LogP contribution in [0.1, 0.15) is 18.4 Å². The molecule has 0 unspecified atom stereocenters. The second-order valence-electron chi connectivity index (χ2n) is 7.63. The van der Waals surface area contributed by atoms with Crippen LogP contribution in [0.5, 0.6) is 0 Å². The summed E-state index contributed by atoms with van der Waals surface area (Å²) in [7, 11) is 3.17. The van der Waals surface area contributed by atoms with Gasteiger partial charge < -0.3 is 4.90 Å². The Balaban J connectivity index is 1.47. The Bertz CT molecular complexity index is 1060. The molecule has 1 aliphatic rings. The van der Waals surface area contributed by atoms with E-state index in [-0.39, 0.29) is 11.2 Å². The third kappa shape index (κ3) is 3.35. The number of nitrogens with one attached hydrogen (secondary N) is 1. The highest BCUT2D eigenvalue weighted by Gasteiger charge is 2.24. The number of hydrogen-bond donors (Lipinski definition) is 1. The number of quaternary nitrogens is 1. The molecule has 3 heterocycles. The summed E-state index contributed by atoms with van der Waals surface area (Å²) < 4.78 is 4.50. The Kier molecular flexibility index (Phi) is 4.70. The van der Waals surface area contributed by atoms with Gasteiger partial charge in [0, 0.05) is 14.1 Å². The lowest BCUT2D eigenvalue weighted by Crippen LogP contribution is -3.12. The van der Waals surface area contributed by atoms with Crippen LogP contribution < -0.4 is 16.1 Å². The Hall–Kier alpha value is -2.67. The van der Waals surface area contributed by atoms with Gasteiger partial charge in [-0.05, 0) is 30.7 Å². The monoisotopic (exact) mass is 368 g/mol. The van der Waals surface area contributed by atoms with Crippen molar-refractivity contribution >= 4 is 11.2 Å². The van der Waals surface area contributed by atoms with Crippen molar-refractivity contribution in [2.24, 2.45) is 20.0 Å². The second-order valence-corrected chi connectivity index (χ2v) is 7.63. The van der Waals surface area contributed by atoms with Gasteiger partial charge in [-0.15, -0.1) is 0 Å². The second kappa shape index (κ2) is 7.15. The van der Waals surface area contributed by atoms with Crippen LogP contribution in [0.3, 0.4) is 0 Å². The Morgan fingerprint density at radius 3 is 2.48 bits per heavy atom. The topological polar surface area (TPSA) is 66.3 Å². The SMILES string of the molecule is Cn1c(=O)c2c(ncn2C[NH+]2CCC(Cc3ccccc3)CC2)n(C)c1=O. The first-order chi connectivity index (χ1) is 13.0. The van der Waals surface area contributed by atoms with E-state index < -0.39 is 0 Å². The molecule has 1 aromatic carbocycles. The number of imidazole rings is 1. The van der Waals surface area contributed by atoms with Crippen LogP contribution in [0.4, 0.5) is 0 Å². The highest BCUT2D eigenvalue weighted by Crippen LogP contribution is 2.16. The van der Waals surface area contributed by atoms with Gasteiger partial charge in [-0.2, -0.15) is 0 Å². The van der Waals surface area contributed by atoms with Crippen molar-refractivity contribution in [2.45, 2.75) is 25.9 Å². The maximum atomic E-state index is 12.6. The van der Waals surface area contributed by atoms with E-state index in [0.29, 0.717) is 17.8 Å². The zero-order valence-electron chi connectivity index (χ0n) is 15.9. The lowest BCUT2D eigenvalue weighted by Gasteiger charge is -2.29. The van der Waals surface area contributed by atoms with E-state index in [4.69, 9.17) is 0 Å². The molecule has 4 rings (SSSR count). The number of aryl methyl sites for hydroxylation is 1. The van der Waals surface area contributed by atoms with Crippen molar-refractivity contribution in [3.05, 3.63) is 63.1 Å². The number of fused-ring (bicyclic) bond motifs is 1. The van der Waals surface area contributed by atoms with Gasteiger partial charge in [0.05, 0.1) is 13.1 Å². The van der Waals surface area contributed by atoms with Crippen molar-refractivity contribution in [2.75, 3.05) is 13.1 Å². The number of benzene rings is 1.